The molecule has 152 valence electrons. The van der Waals surface area contributed by atoms with E-state index < -0.39 is 11.7 Å². The molecule has 0 fully saturated rings. The molecule has 7 heteroatoms. The van der Waals surface area contributed by atoms with Gasteiger partial charge >= 0.3 is 11.7 Å². The van der Waals surface area contributed by atoms with Crippen LogP contribution < -0.4 is 11.1 Å². The Morgan fingerprint density at radius 3 is 2.59 bits per heavy atom. The topological polar surface area (TPSA) is 90.5 Å². The second kappa shape index (κ2) is 9.23. The molecule has 1 atom stereocenters. The van der Waals surface area contributed by atoms with E-state index in [0.29, 0.717) is 11.1 Å². The van der Waals surface area contributed by atoms with Gasteiger partial charge in [0.15, 0.2) is 12.2 Å². The van der Waals surface area contributed by atoms with Gasteiger partial charge in [-0.25, -0.2) is 4.79 Å². The number of amides is 1. The molecule has 3 rings (SSSR count). The lowest BCUT2D eigenvalue weighted by Gasteiger charge is -2.17. The minimum atomic E-state index is -0.555. The summed E-state index contributed by atoms with van der Waals surface area (Å²) in [5.74, 6) is -1.45. The van der Waals surface area contributed by atoms with Crippen LogP contribution in [0.4, 0.5) is 0 Å². The normalized spacial score (nSPS) is 11.9. The molecule has 0 aliphatic carbocycles. The van der Waals surface area contributed by atoms with Crippen molar-refractivity contribution in [3.8, 4) is 0 Å². The van der Waals surface area contributed by atoms with Gasteiger partial charge in [-0.2, -0.15) is 0 Å². The van der Waals surface area contributed by atoms with Crippen molar-refractivity contribution in [1.82, 2.24) is 9.88 Å². The van der Waals surface area contributed by atoms with Crippen LogP contribution >= 0.6 is 0 Å². The molecule has 0 unspecified atom stereocenters. The van der Waals surface area contributed by atoms with Gasteiger partial charge in [-0.1, -0.05) is 48.9 Å². The number of aromatic nitrogens is 1. The molecule has 0 saturated heterocycles. The number of rotatable bonds is 8. The Balaban J connectivity index is 1.49. The Morgan fingerprint density at radius 1 is 1.14 bits per heavy atom. The minimum absolute atomic E-state index is 0.0358. The van der Waals surface area contributed by atoms with Gasteiger partial charge in [0.1, 0.15) is 0 Å². The lowest BCUT2D eigenvalue weighted by atomic mass is 10.0. The maximum Gasteiger partial charge on any atom is 0.419 e. The molecule has 3 aromatic rings. The van der Waals surface area contributed by atoms with E-state index in [0.717, 1.165) is 17.5 Å². The average Bonchev–Trinajstić information content (AvgIpc) is 3.04. The number of para-hydroxylation sites is 2. The van der Waals surface area contributed by atoms with Crippen LogP contribution in [0.1, 0.15) is 36.9 Å². The second-order valence-corrected chi connectivity index (χ2v) is 6.84. The Hall–Kier alpha value is -3.35. The largest absolute Gasteiger partial charge is 0.456 e. The summed E-state index contributed by atoms with van der Waals surface area (Å²) in [6.45, 7) is 3.74. The highest BCUT2D eigenvalue weighted by molar-refractivity contribution is 5.81. The summed E-state index contributed by atoms with van der Waals surface area (Å²) in [6, 6.07) is 14.8. The van der Waals surface area contributed by atoms with Gasteiger partial charge in [0.05, 0.1) is 18.0 Å². The fourth-order valence-electron chi connectivity index (χ4n) is 3.10. The highest BCUT2D eigenvalue weighted by Crippen LogP contribution is 2.17. The van der Waals surface area contributed by atoms with Crippen LogP contribution in [0.2, 0.25) is 0 Å². The maximum absolute atomic E-state index is 12.2. The summed E-state index contributed by atoms with van der Waals surface area (Å²) in [6.07, 6.45) is 0.686. The van der Waals surface area contributed by atoms with Crippen molar-refractivity contribution in [3.63, 3.8) is 0 Å². The molecular weight excluding hydrogens is 372 g/mol. The second-order valence-electron chi connectivity index (χ2n) is 6.84. The number of hydrogen-bond donors (Lipinski definition) is 1. The molecule has 29 heavy (non-hydrogen) atoms. The van der Waals surface area contributed by atoms with Crippen molar-refractivity contribution in [2.75, 3.05) is 6.61 Å². The van der Waals surface area contributed by atoms with Gasteiger partial charge in [-0.05, 0) is 31.0 Å². The molecule has 1 N–H and O–H groups in total. The number of ether oxygens (including phenoxy) is 1. The fourth-order valence-corrected chi connectivity index (χ4v) is 3.10. The van der Waals surface area contributed by atoms with Crippen LogP contribution in [0.3, 0.4) is 0 Å². The molecule has 0 spiro atoms. The van der Waals surface area contributed by atoms with Crippen LogP contribution in [0.25, 0.3) is 11.1 Å². The number of nitrogens with zero attached hydrogens (tertiary/aromatic N) is 1. The summed E-state index contributed by atoms with van der Waals surface area (Å²) >= 11 is 0. The van der Waals surface area contributed by atoms with Crippen molar-refractivity contribution in [2.24, 2.45) is 0 Å². The van der Waals surface area contributed by atoms with Gasteiger partial charge in [0, 0.05) is 6.54 Å². The van der Waals surface area contributed by atoms with E-state index in [1.54, 1.807) is 24.3 Å². The number of esters is 1. The molecule has 2 aromatic carbocycles. The molecule has 0 radical (unpaired) electrons. The summed E-state index contributed by atoms with van der Waals surface area (Å²) in [7, 11) is 0. The number of nitrogens with one attached hydrogen (secondary N) is 1. The summed E-state index contributed by atoms with van der Waals surface area (Å²) in [4.78, 5) is 36.1. The van der Waals surface area contributed by atoms with Crippen LogP contribution in [-0.4, -0.2) is 23.1 Å². The SMILES string of the molecule is CC[C@@H](NC(=O)COC(=O)CCn1c(=O)oc2ccccc21)c1ccc(C)cc1. The molecule has 1 aromatic heterocycles. The van der Waals surface area contributed by atoms with Crippen molar-refractivity contribution < 1.29 is 18.7 Å². The molecule has 0 aliphatic heterocycles. The van der Waals surface area contributed by atoms with Crippen molar-refractivity contribution in [1.29, 1.82) is 0 Å². The van der Waals surface area contributed by atoms with E-state index in [1.807, 2.05) is 38.1 Å². The highest BCUT2D eigenvalue weighted by atomic mass is 16.5. The number of hydrogen-bond acceptors (Lipinski definition) is 5. The molecule has 0 saturated carbocycles. The lowest BCUT2D eigenvalue weighted by molar-refractivity contribution is -0.149. The average molecular weight is 396 g/mol. The number of oxazole rings is 1. The van der Waals surface area contributed by atoms with Crippen LogP contribution in [0, 0.1) is 6.92 Å². The molecular formula is C22H24N2O5. The highest BCUT2D eigenvalue weighted by Gasteiger charge is 2.15. The van der Waals surface area contributed by atoms with Crippen LogP contribution in [0.15, 0.2) is 57.7 Å². The third-order valence-corrected chi connectivity index (χ3v) is 4.70. The molecule has 1 heterocycles. The van der Waals surface area contributed by atoms with Crippen LogP contribution in [0.5, 0.6) is 0 Å². The predicted molar refractivity (Wildman–Crippen MR) is 108 cm³/mol. The first kappa shape index (κ1) is 20.4. The van der Waals surface area contributed by atoms with Gasteiger partial charge < -0.3 is 14.5 Å². The standard InChI is InChI=1S/C22H24N2O5/c1-3-17(16-10-8-15(2)9-11-16)23-20(25)14-28-21(26)12-13-24-18-6-4-5-7-19(18)29-22(24)27/h4-11,17H,3,12-14H2,1-2H3,(H,23,25)/t17-/m1/s1. The predicted octanol–water partition coefficient (Wildman–Crippen LogP) is 3.10. The Kier molecular flexibility index (Phi) is 6.49. The number of fused-ring (bicyclic) bond motifs is 1. The van der Waals surface area contributed by atoms with E-state index >= 15 is 0 Å². The van der Waals surface area contributed by atoms with Gasteiger partial charge in [0.25, 0.3) is 5.91 Å². The molecule has 1 amide bonds. The number of aryl methyl sites for hydroxylation is 2. The van der Waals surface area contributed by atoms with Gasteiger partial charge in [0.2, 0.25) is 0 Å². The molecule has 7 nitrogen and oxygen atoms in total. The first-order valence-electron chi connectivity index (χ1n) is 9.58. The molecule has 0 aliphatic rings. The van der Waals surface area contributed by atoms with Gasteiger partial charge in [-0.3, -0.25) is 14.2 Å². The minimum Gasteiger partial charge on any atom is -0.456 e. The van der Waals surface area contributed by atoms with Gasteiger partial charge in [-0.15, -0.1) is 0 Å². The van der Waals surface area contributed by atoms with Crippen molar-refractivity contribution in [3.05, 3.63) is 70.2 Å². The Morgan fingerprint density at radius 2 is 1.86 bits per heavy atom. The molecule has 0 bridgehead atoms. The van der Waals surface area contributed by atoms with E-state index in [4.69, 9.17) is 9.15 Å². The number of carbonyl (C=O) groups excluding carboxylic acids is 2. The zero-order valence-electron chi connectivity index (χ0n) is 16.5. The van der Waals surface area contributed by atoms with Crippen molar-refractivity contribution >= 4 is 23.0 Å². The number of carbonyl (C=O) groups is 2. The third-order valence-electron chi connectivity index (χ3n) is 4.70. The van der Waals surface area contributed by atoms with Crippen LogP contribution in [-0.2, 0) is 20.9 Å². The van der Waals surface area contributed by atoms with E-state index in [2.05, 4.69) is 5.32 Å². The van der Waals surface area contributed by atoms with E-state index in [9.17, 15) is 14.4 Å². The maximum atomic E-state index is 12.2. The summed E-state index contributed by atoms with van der Waals surface area (Å²) < 4.78 is 11.6. The zero-order valence-corrected chi connectivity index (χ0v) is 16.5. The Bertz CT molecular complexity index is 1050. The Labute approximate surface area is 168 Å². The smallest absolute Gasteiger partial charge is 0.419 e. The summed E-state index contributed by atoms with van der Waals surface area (Å²) in [5, 5.41) is 2.87. The third kappa shape index (κ3) is 5.13. The zero-order chi connectivity index (χ0) is 20.8. The van der Waals surface area contributed by atoms with E-state index in [-0.39, 0.29) is 31.5 Å². The number of benzene rings is 2. The first-order valence-corrected chi connectivity index (χ1v) is 9.58. The quantitative estimate of drug-likeness (QED) is 0.591. The summed E-state index contributed by atoms with van der Waals surface area (Å²) in [5.41, 5.74) is 3.23. The first-order chi connectivity index (χ1) is 14.0. The van der Waals surface area contributed by atoms with Crippen molar-refractivity contribution in [2.45, 2.75) is 39.3 Å². The van der Waals surface area contributed by atoms with E-state index in [1.165, 1.54) is 4.57 Å². The lowest BCUT2D eigenvalue weighted by Crippen LogP contribution is -2.32. The fraction of sp³-hybridized carbons (Fsp3) is 0.318. The monoisotopic (exact) mass is 396 g/mol.